The molecule has 0 fully saturated rings. The van der Waals surface area contributed by atoms with Crippen LogP contribution in [0.25, 0.3) is 5.52 Å². The number of hydrogen-bond acceptors (Lipinski definition) is 4. The van der Waals surface area contributed by atoms with Crippen molar-refractivity contribution in [3.8, 4) is 0 Å². The molecule has 3 N–H and O–H groups in total. The van der Waals surface area contributed by atoms with Crippen molar-refractivity contribution in [2.45, 2.75) is 12.5 Å². The van der Waals surface area contributed by atoms with Crippen molar-refractivity contribution >= 4 is 21.4 Å². The van der Waals surface area contributed by atoms with E-state index in [9.17, 15) is 0 Å². The Morgan fingerprint density at radius 1 is 1.25 bits per heavy atom. The van der Waals surface area contributed by atoms with Crippen molar-refractivity contribution in [1.29, 1.82) is 0 Å². The lowest BCUT2D eigenvalue weighted by Crippen LogP contribution is -2.29. The van der Waals surface area contributed by atoms with E-state index >= 15 is 0 Å². The Balaban J connectivity index is 1.91. The molecule has 0 aliphatic carbocycles. The Kier molecular flexibility index (Phi) is 3.77. The summed E-state index contributed by atoms with van der Waals surface area (Å²) in [7, 11) is 0. The summed E-state index contributed by atoms with van der Waals surface area (Å²) < 4.78 is 2.81. The molecule has 3 aromatic rings. The number of fused-ring (bicyclic) bond motifs is 1. The molecule has 1 unspecified atom stereocenters. The number of nitrogens with two attached hydrogens (primary N) is 1. The quantitative estimate of drug-likeness (QED) is 0.568. The number of hydrogen-bond donors (Lipinski definition) is 2. The lowest BCUT2D eigenvalue weighted by Gasteiger charge is -2.14. The van der Waals surface area contributed by atoms with Crippen LogP contribution in [0.4, 0.5) is 0 Å². The van der Waals surface area contributed by atoms with Gasteiger partial charge >= 0.3 is 0 Å². The SMILES string of the molecule is NNC(Cc1ccc(Br)cn1)c1cnn2ccccc12. The van der Waals surface area contributed by atoms with E-state index < -0.39 is 0 Å². The Labute approximate surface area is 124 Å². The van der Waals surface area contributed by atoms with Crippen LogP contribution in [-0.2, 0) is 6.42 Å². The summed E-state index contributed by atoms with van der Waals surface area (Å²) in [6, 6.07) is 9.91. The minimum absolute atomic E-state index is 0.0245. The average Bonchev–Trinajstić information content (AvgIpc) is 2.91. The summed E-state index contributed by atoms with van der Waals surface area (Å²) in [4.78, 5) is 4.39. The Morgan fingerprint density at radius 2 is 2.15 bits per heavy atom. The van der Waals surface area contributed by atoms with Gasteiger partial charge in [0.25, 0.3) is 0 Å². The summed E-state index contributed by atoms with van der Waals surface area (Å²) in [5.74, 6) is 5.71. The average molecular weight is 332 g/mol. The highest BCUT2D eigenvalue weighted by atomic mass is 79.9. The van der Waals surface area contributed by atoms with E-state index in [1.165, 1.54) is 0 Å². The highest BCUT2D eigenvalue weighted by Crippen LogP contribution is 2.22. The van der Waals surface area contributed by atoms with Crippen LogP contribution in [-0.4, -0.2) is 14.6 Å². The first-order valence-corrected chi connectivity index (χ1v) is 7.06. The molecule has 0 amide bonds. The number of pyridine rings is 2. The van der Waals surface area contributed by atoms with Gasteiger partial charge < -0.3 is 0 Å². The van der Waals surface area contributed by atoms with Crippen LogP contribution >= 0.6 is 15.9 Å². The lowest BCUT2D eigenvalue weighted by atomic mass is 10.0. The predicted octanol–water partition coefficient (Wildman–Crippen LogP) is 2.24. The third kappa shape index (κ3) is 2.58. The van der Waals surface area contributed by atoms with Gasteiger partial charge in [-0.25, -0.2) is 4.52 Å². The molecule has 0 aliphatic rings. The molecule has 102 valence electrons. The van der Waals surface area contributed by atoms with Gasteiger partial charge in [-0.1, -0.05) is 6.07 Å². The van der Waals surface area contributed by atoms with E-state index in [-0.39, 0.29) is 6.04 Å². The lowest BCUT2D eigenvalue weighted by molar-refractivity contribution is 0.549. The van der Waals surface area contributed by atoms with Gasteiger partial charge in [-0.05, 0) is 40.2 Å². The summed E-state index contributed by atoms with van der Waals surface area (Å²) >= 11 is 3.38. The first kappa shape index (κ1) is 13.2. The molecule has 0 bridgehead atoms. The fourth-order valence-corrected chi connectivity index (χ4v) is 2.45. The zero-order valence-corrected chi connectivity index (χ0v) is 12.3. The highest BCUT2D eigenvalue weighted by Gasteiger charge is 2.16. The Bertz CT molecular complexity index is 707. The molecular formula is C14H14BrN5. The third-order valence-corrected chi connectivity index (χ3v) is 3.70. The molecule has 3 heterocycles. The fraction of sp³-hybridized carbons (Fsp3) is 0.143. The summed E-state index contributed by atoms with van der Waals surface area (Å²) in [5, 5.41) is 4.34. The molecule has 1 atom stereocenters. The second-order valence-corrected chi connectivity index (χ2v) is 5.44. The van der Waals surface area contributed by atoms with Gasteiger partial charge in [-0.2, -0.15) is 5.10 Å². The standard InChI is InChI=1S/C14H14BrN5/c15-10-4-5-11(17-8-10)7-13(19-16)12-9-18-20-6-2-1-3-14(12)20/h1-6,8-9,13,19H,7,16H2. The van der Waals surface area contributed by atoms with Gasteiger partial charge in [0.05, 0.1) is 17.8 Å². The minimum Gasteiger partial charge on any atom is -0.271 e. The van der Waals surface area contributed by atoms with E-state index in [1.807, 2.05) is 47.2 Å². The molecule has 3 rings (SSSR count). The van der Waals surface area contributed by atoms with E-state index in [0.717, 1.165) is 21.2 Å². The molecule has 0 saturated carbocycles. The predicted molar refractivity (Wildman–Crippen MR) is 80.9 cm³/mol. The van der Waals surface area contributed by atoms with Crippen LogP contribution in [0.1, 0.15) is 17.3 Å². The number of halogens is 1. The molecule has 0 aliphatic heterocycles. The van der Waals surface area contributed by atoms with Crippen molar-refractivity contribution < 1.29 is 0 Å². The minimum atomic E-state index is -0.0245. The van der Waals surface area contributed by atoms with Crippen molar-refractivity contribution in [3.05, 3.63) is 64.7 Å². The van der Waals surface area contributed by atoms with Gasteiger partial charge in [0.15, 0.2) is 0 Å². The Hall–Kier alpha value is -1.76. The van der Waals surface area contributed by atoms with E-state index in [1.54, 1.807) is 6.20 Å². The molecule has 0 saturated heterocycles. The normalized spacial score (nSPS) is 12.7. The van der Waals surface area contributed by atoms with Crippen LogP contribution in [0.3, 0.4) is 0 Å². The summed E-state index contributed by atoms with van der Waals surface area (Å²) in [6.45, 7) is 0. The van der Waals surface area contributed by atoms with Crippen LogP contribution in [0.15, 0.2) is 53.4 Å². The van der Waals surface area contributed by atoms with Crippen LogP contribution < -0.4 is 11.3 Å². The fourth-order valence-electron chi connectivity index (χ4n) is 2.22. The van der Waals surface area contributed by atoms with E-state index in [4.69, 9.17) is 5.84 Å². The van der Waals surface area contributed by atoms with Crippen molar-refractivity contribution in [2.75, 3.05) is 0 Å². The first-order valence-electron chi connectivity index (χ1n) is 6.27. The largest absolute Gasteiger partial charge is 0.271 e. The maximum absolute atomic E-state index is 5.71. The van der Waals surface area contributed by atoms with Crippen LogP contribution in [0.2, 0.25) is 0 Å². The third-order valence-electron chi connectivity index (χ3n) is 3.23. The highest BCUT2D eigenvalue weighted by molar-refractivity contribution is 9.10. The number of rotatable bonds is 4. The zero-order chi connectivity index (χ0) is 13.9. The number of aromatic nitrogens is 3. The van der Waals surface area contributed by atoms with Crippen LogP contribution in [0.5, 0.6) is 0 Å². The number of nitrogens with one attached hydrogen (secondary N) is 1. The summed E-state index contributed by atoms with van der Waals surface area (Å²) in [5.41, 5.74) is 5.95. The molecule has 20 heavy (non-hydrogen) atoms. The maximum Gasteiger partial charge on any atom is 0.0710 e. The van der Waals surface area contributed by atoms with Gasteiger partial charge in [0.2, 0.25) is 0 Å². The Morgan fingerprint density at radius 3 is 2.90 bits per heavy atom. The summed E-state index contributed by atoms with van der Waals surface area (Å²) in [6.07, 6.45) is 6.27. The van der Waals surface area contributed by atoms with Gasteiger partial charge in [-0.15, -0.1) is 0 Å². The topological polar surface area (TPSA) is 68.2 Å². The van der Waals surface area contributed by atoms with Gasteiger partial charge in [0.1, 0.15) is 0 Å². The number of hydrazine groups is 1. The van der Waals surface area contributed by atoms with E-state index in [2.05, 4.69) is 31.4 Å². The van der Waals surface area contributed by atoms with Crippen LogP contribution in [0, 0.1) is 0 Å². The molecular weight excluding hydrogens is 318 g/mol. The zero-order valence-electron chi connectivity index (χ0n) is 10.7. The monoisotopic (exact) mass is 331 g/mol. The van der Waals surface area contributed by atoms with Crippen molar-refractivity contribution in [1.82, 2.24) is 20.0 Å². The molecule has 0 spiro atoms. The second kappa shape index (κ2) is 5.70. The molecule has 6 heteroatoms. The molecule has 0 aromatic carbocycles. The molecule has 3 aromatic heterocycles. The number of nitrogens with zero attached hydrogens (tertiary/aromatic N) is 3. The molecule has 5 nitrogen and oxygen atoms in total. The van der Waals surface area contributed by atoms with Gasteiger partial charge in [-0.3, -0.25) is 16.3 Å². The first-order chi connectivity index (χ1) is 9.78. The van der Waals surface area contributed by atoms with Crippen molar-refractivity contribution in [2.24, 2.45) is 5.84 Å². The van der Waals surface area contributed by atoms with Gasteiger partial charge in [0, 0.05) is 34.5 Å². The molecule has 0 radical (unpaired) electrons. The maximum atomic E-state index is 5.71. The second-order valence-electron chi connectivity index (χ2n) is 4.52. The van der Waals surface area contributed by atoms with Crippen molar-refractivity contribution in [3.63, 3.8) is 0 Å². The van der Waals surface area contributed by atoms with E-state index in [0.29, 0.717) is 6.42 Å². The smallest absolute Gasteiger partial charge is 0.0710 e.